The maximum absolute atomic E-state index is 6.37. The zero-order valence-electron chi connectivity index (χ0n) is 16.7. The minimum atomic E-state index is -0.204. The molecule has 0 saturated carbocycles. The van der Waals surface area contributed by atoms with Crippen molar-refractivity contribution in [2.75, 3.05) is 13.2 Å². The Kier molecular flexibility index (Phi) is 7.70. The zero-order chi connectivity index (χ0) is 18.5. The van der Waals surface area contributed by atoms with Crippen LogP contribution in [0.1, 0.15) is 66.7 Å². The van der Waals surface area contributed by atoms with Gasteiger partial charge in [-0.15, -0.1) is 9.24 Å². The van der Waals surface area contributed by atoms with Gasteiger partial charge in [0, 0.05) is 5.92 Å². The third-order valence-corrected chi connectivity index (χ3v) is 6.53. The van der Waals surface area contributed by atoms with Crippen molar-refractivity contribution in [3.05, 3.63) is 23.5 Å². The van der Waals surface area contributed by atoms with Crippen LogP contribution in [0.5, 0.6) is 0 Å². The first-order valence-electron chi connectivity index (χ1n) is 9.78. The van der Waals surface area contributed by atoms with Crippen molar-refractivity contribution >= 4 is 9.24 Å². The summed E-state index contributed by atoms with van der Waals surface area (Å²) in [5.74, 6) is 0.490. The monoisotopic (exact) mass is 368 g/mol. The molecule has 3 nitrogen and oxygen atoms in total. The Morgan fingerprint density at radius 3 is 2.60 bits per heavy atom. The fourth-order valence-corrected chi connectivity index (χ4v) is 3.39. The average molecular weight is 368 g/mol. The van der Waals surface area contributed by atoms with E-state index < -0.39 is 0 Å². The van der Waals surface area contributed by atoms with Crippen LogP contribution in [0.4, 0.5) is 0 Å². The highest BCUT2D eigenvalue weighted by molar-refractivity contribution is 7.22. The summed E-state index contributed by atoms with van der Waals surface area (Å²) in [5, 5.41) is 1.27. The van der Waals surface area contributed by atoms with Crippen molar-refractivity contribution in [3.8, 4) is 0 Å². The van der Waals surface area contributed by atoms with Gasteiger partial charge in [0.05, 0.1) is 24.9 Å². The van der Waals surface area contributed by atoms with Crippen molar-refractivity contribution in [1.29, 1.82) is 0 Å². The van der Waals surface area contributed by atoms with Gasteiger partial charge in [-0.3, -0.25) is 0 Å². The molecule has 0 bridgehead atoms. The van der Waals surface area contributed by atoms with Crippen molar-refractivity contribution in [2.45, 2.75) is 84.7 Å². The van der Waals surface area contributed by atoms with Gasteiger partial charge in [-0.2, -0.15) is 0 Å². The smallest absolute Gasteiger partial charge is 0.158 e. The van der Waals surface area contributed by atoms with Crippen LogP contribution in [0.25, 0.3) is 0 Å². The third-order valence-electron chi connectivity index (χ3n) is 6.10. The highest BCUT2D eigenvalue weighted by atomic mass is 31.0. The number of hydrogen-bond acceptors (Lipinski definition) is 3. The lowest BCUT2D eigenvalue weighted by Crippen LogP contribution is -2.46. The summed E-state index contributed by atoms with van der Waals surface area (Å²) in [4.78, 5) is 0. The molecule has 2 aliphatic rings. The molecule has 0 amide bonds. The molecule has 4 heteroatoms. The predicted molar refractivity (Wildman–Crippen MR) is 108 cm³/mol. The lowest BCUT2D eigenvalue weighted by Gasteiger charge is -2.44. The Labute approximate surface area is 156 Å². The van der Waals surface area contributed by atoms with Crippen LogP contribution in [-0.2, 0) is 14.2 Å². The van der Waals surface area contributed by atoms with Crippen molar-refractivity contribution in [1.82, 2.24) is 0 Å². The van der Waals surface area contributed by atoms with E-state index in [2.05, 4.69) is 62.1 Å². The van der Waals surface area contributed by atoms with Gasteiger partial charge in [0.15, 0.2) is 6.29 Å². The van der Waals surface area contributed by atoms with Crippen molar-refractivity contribution in [2.24, 2.45) is 11.3 Å². The van der Waals surface area contributed by atoms with Crippen LogP contribution in [0.15, 0.2) is 23.5 Å². The van der Waals surface area contributed by atoms with E-state index in [1.165, 1.54) is 5.31 Å². The molecular weight excluding hydrogens is 331 g/mol. The van der Waals surface area contributed by atoms with Gasteiger partial charge in [-0.05, 0) is 56.7 Å². The molecule has 1 aliphatic heterocycles. The quantitative estimate of drug-likeness (QED) is 0.532. The van der Waals surface area contributed by atoms with Gasteiger partial charge < -0.3 is 14.2 Å². The molecule has 1 fully saturated rings. The Hall–Kier alpha value is -0.210. The molecule has 25 heavy (non-hydrogen) atoms. The van der Waals surface area contributed by atoms with Gasteiger partial charge in [0.2, 0.25) is 0 Å². The Morgan fingerprint density at radius 1 is 1.20 bits per heavy atom. The minimum absolute atomic E-state index is 0.111. The van der Waals surface area contributed by atoms with Crippen LogP contribution < -0.4 is 0 Å². The first-order valence-corrected chi connectivity index (χ1v) is 10.4. The fraction of sp³-hybridized carbons (Fsp3) is 0.810. The van der Waals surface area contributed by atoms with Gasteiger partial charge in [0.25, 0.3) is 0 Å². The first-order chi connectivity index (χ1) is 11.7. The Morgan fingerprint density at radius 2 is 1.96 bits per heavy atom. The van der Waals surface area contributed by atoms with Crippen LogP contribution in [-0.4, -0.2) is 31.2 Å². The van der Waals surface area contributed by atoms with E-state index in [1.807, 2.05) is 0 Å². The van der Waals surface area contributed by atoms with Crippen molar-refractivity contribution in [3.63, 3.8) is 0 Å². The number of hydrogen-bond donors (Lipinski definition) is 0. The molecule has 0 aromatic heterocycles. The molecule has 0 radical (unpaired) electrons. The molecule has 0 aromatic carbocycles. The van der Waals surface area contributed by atoms with Crippen LogP contribution in [0, 0.1) is 11.3 Å². The molecule has 1 saturated heterocycles. The van der Waals surface area contributed by atoms with E-state index in [1.54, 1.807) is 0 Å². The molecule has 0 spiro atoms. The highest BCUT2D eigenvalue weighted by Gasteiger charge is 2.39. The van der Waals surface area contributed by atoms with E-state index in [9.17, 15) is 0 Å². The molecular formula is C21H37O3P. The number of allylic oxidation sites excluding steroid dienone is 3. The SMILES string of the molecule is CCC(C)(C)C(C)(C)OC1CCCC(COCC2C=CC(P)=CC2)O1. The number of ether oxygens (including phenoxy) is 3. The second kappa shape index (κ2) is 9.13. The fourth-order valence-electron chi connectivity index (χ4n) is 3.14. The molecule has 2 rings (SSSR count). The Balaban J connectivity index is 1.74. The first kappa shape index (κ1) is 21.1. The standard InChI is InChI=1S/C21H37O3P/c1-6-20(2,3)21(4,5)24-19-9-7-8-17(23-19)15-22-14-16-10-12-18(25)13-11-16/h10,12-13,16-17,19H,6-9,11,14-15,25H2,1-5H3. The average Bonchev–Trinajstić information content (AvgIpc) is 2.56. The summed E-state index contributed by atoms with van der Waals surface area (Å²) in [6.07, 6.45) is 12.0. The van der Waals surface area contributed by atoms with Crippen LogP contribution in [0.3, 0.4) is 0 Å². The van der Waals surface area contributed by atoms with Gasteiger partial charge in [-0.1, -0.05) is 39.0 Å². The second-order valence-electron chi connectivity index (χ2n) is 8.58. The molecule has 0 N–H and O–H groups in total. The topological polar surface area (TPSA) is 27.7 Å². The molecule has 144 valence electrons. The van der Waals surface area contributed by atoms with Gasteiger partial charge in [-0.25, -0.2) is 0 Å². The van der Waals surface area contributed by atoms with Gasteiger partial charge in [0.1, 0.15) is 0 Å². The van der Waals surface area contributed by atoms with Gasteiger partial charge >= 0.3 is 0 Å². The van der Waals surface area contributed by atoms with E-state index in [4.69, 9.17) is 14.2 Å². The minimum Gasteiger partial charge on any atom is -0.378 e. The molecule has 1 heterocycles. The van der Waals surface area contributed by atoms with Crippen molar-refractivity contribution < 1.29 is 14.2 Å². The largest absolute Gasteiger partial charge is 0.378 e. The molecule has 4 atom stereocenters. The summed E-state index contributed by atoms with van der Waals surface area (Å²) in [6, 6.07) is 0. The van der Waals surface area contributed by atoms with E-state index in [0.29, 0.717) is 12.5 Å². The molecule has 1 aliphatic carbocycles. The van der Waals surface area contributed by atoms with E-state index >= 15 is 0 Å². The number of rotatable bonds is 8. The zero-order valence-corrected chi connectivity index (χ0v) is 17.9. The van der Waals surface area contributed by atoms with E-state index in [-0.39, 0.29) is 23.4 Å². The predicted octanol–water partition coefficient (Wildman–Crippen LogP) is 5.46. The summed E-state index contributed by atoms with van der Waals surface area (Å²) >= 11 is 0. The lowest BCUT2D eigenvalue weighted by molar-refractivity contribution is -0.266. The van der Waals surface area contributed by atoms with E-state index in [0.717, 1.165) is 38.7 Å². The summed E-state index contributed by atoms with van der Waals surface area (Å²) < 4.78 is 18.5. The summed E-state index contributed by atoms with van der Waals surface area (Å²) in [7, 11) is 2.74. The van der Waals surface area contributed by atoms with Crippen LogP contribution in [0.2, 0.25) is 0 Å². The lowest BCUT2D eigenvalue weighted by atomic mass is 9.75. The van der Waals surface area contributed by atoms with Crippen LogP contribution >= 0.6 is 9.24 Å². The third kappa shape index (κ3) is 6.17. The summed E-state index contributed by atoms with van der Waals surface area (Å²) in [6.45, 7) is 12.6. The molecule has 4 unspecified atom stereocenters. The molecule has 0 aromatic rings. The second-order valence-corrected chi connectivity index (χ2v) is 9.25. The Bertz CT molecular complexity index is 482. The maximum Gasteiger partial charge on any atom is 0.158 e. The summed E-state index contributed by atoms with van der Waals surface area (Å²) in [5.41, 5.74) is -0.0820. The highest BCUT2D eigenvalue weighted by Crippen LogP contribution is 2.39. The maximum atomic E-state index is 6.37. The normalized spacial score (nSPS) is 28.1.